The number of hydrogen-bond donors (Lipinski definition) is 0. The van der Waals surface area contributed by atoms with Crippen molar-refractivity contribution in [2.75, 3.05) is 0 Å². The van der Waals surface area contributed by atoms with Crippen LogP contribution in [0.4, 0.5) is 5.69 Å². The summed E-state index contributed by atoms with van der Waals surface area (Å²) in [6, 6.07) is 18.7. The van der Waals surface area contributed by atoms with Crippen LogP contribution in [0.2, 0.25) is 0 Å². The first-order valence-corrected chi connectivity index (χ1v) is 7.65. The summed E-state index contributed by atoms with van der Waals surface area (Å²) in [5, 5.41) is 19.9. The van der Waals surface area contributed by atoms with Gasteiger partial charge in [-0.25, -0.2) is 4.98 Å². The summed E-state index contributed by atoms with van der Waals surface area (Å²) in [6.45, 7) is 0.321. The number of benzene rings is 2. The second-order valence-corrected chi connectivity index (χ2v) is 5.26. The predicted octanol–water partition coefficient (Wildman–Crippen LogP) is 4.23. The average molecular weight is 347 g/mol. The van der Waals surface area contributed by atoms with E-state index in [4.69, 9.17) is 14.7 Å². The Hall–Kier alpha value is -3.92. The molecule has 0 aliphatic rings. The molecule has 0 N–H and O–H groups in total. The highest BCUT2D eigenvalue weighted by atomic mass is 16.6. The number of pyridine rings is 1. The molecule has 0 saturated carbocycles. The summed E-state index contributed by atoms with van der Waals surface area (Å²) < 4.78 is 11.1. The third kappa shape index (κ3) is 4.13. The monoisotopic (exact) mass is 347 g/mol. The Morgan fingerprint density at radius 3 is 2.58 bits per heavy atom. The molecule has 3 rings (SSSR count). The van der Waals surface area contributed by atoms with Crippen molar-refractivity contribution in [2.45, 2.75) is 6.61 Å². The van der Waals surface area contributed by atoms with E-state index in [-0.39, 0.29) is 11.6 Å². The summed E-state index contributed by atoms with van der Waals surface area (Å²) in [4.78, 5) is 14.3. The molecule has 7 nitrogen and oxygen atoms in total. The van der Waals surface area contributed by atoms with Crippen LogP contribution in [0.5, 0.6) is 17.4 Å². The molecule has 0 aliphatic heterocycles. The Balaban J connectivity index is 1.65. The van der Waals surface area contributed by atoms with Gasteiger partial charge in [-0.2, -0.15) is 5.26 Å². The summed E-state index contributed by atoms with van der Waals surface area (Å²) >= 11 is 0. The Kier molecular flexibility index (Phi) is 5.05. The lowest BCUT2D eigenvalue weighted by molar-refractivity contribution is -0.386. The van der Waals surface area contributed by atoms with Gasteiger partial charge in [0.05, 0.1) is 16.6 Å². The van der Waals surface area contributed by atoms with E-state index < -0.39 is 4.92 Å². The zero-order valence-electron chi connectivity index (χ0n) is 13.5. The topological polar surface area (TPSA) is 98.3 Å². The average Bonchev–Trinajstić information content (AvgIpc) is 2.68. The fourth-order valence-electron chi connectivity index (χ4n) is 2.21. The zero-order valence-corrected chi connectivity index (χ0v) is 13.5. The van der Waals surface area contributed by atoms with E-state index in [9.17, 15) is 10.1 Å². The first-order chi connectivity index (χ1) is 12.7. The number of nitro groups is 1. The maximum absolute atomic E-state index is 11.0. The maximum Gasteiger partial charge on any atom is 0.331 e. The van der Waals surface area contributed by atoms with Crippen LogP contribution in [0.15, 0.2) is 66.9 Å². The third-order valence-electron chi connectivity index (χ3n) is 3.45. The Labute approximate surface area is 149 Å². The van der Waals surface area contributed by atoms with Gasteiger partial charge in [-0.15, -0.1) is 0 Å². The first kappa shape index (κ1) is 16.9. The van der Waals surface area contributed by atoms with Gasteiger partial charge in [0.1, 0.15) is 18.1 Å². The highest BCUT2D eigenvalue weighted by molar-refractivity contribution is 5.43. The second-order valence-electron chi connectivity index (χ2n) is 5.26. The predicted molar refractivity (Wildman–Crippen MR) is 92.9 cm³/mol. The van der Waals surface area contributed by atoms with Gasteiger partial charge in [-0.1, -0.05) is 12.1 Å². The van der Waals surface area contributed by atoms with Crippen LogP contribution in [-0.4, -0.2) is 9.91 Å². The number of hydrogen-bond acceptors (Lipinski definition) is 6. The molecule has 0 atom stereocenters. The molecule has 0 spiro atoms. The molecular formula is C19H13N3O4. The molecule has 128 valence electrons. The van der Waals surface area contributed by atoms with Gasteiger partial charge in [0, 0.05) is 12.3 Å². The minimum absolute atomic E-state index is 0.0699. The van der Waals surface area contributed by atoms with Crippen LogP contribution in [0.1, 0.15) is 11.1 Å². The summed E-state index contributed by atoms with van der Waals surface area (Å²) in [5.74, 6) is 0.945. The van der Waals surface area contributed by atoms with Crippen molar-refractivity contribution in [3.63, 3.8) is 0 Å². The first-order valence-electron chi connectivity index (χ1n) is 7.65. The van der Waals surface area contributed by atoms with Crippen molar-refractivity contribution in [1.29, 1.82) is 5.26 Å². The quantitative estimate of drug-likeness (QED) is 0.489. The largest absolute Gasteiger partial charge is 0.489 e. The van der Waals surface area contributed by atoms with E-state index in [0.717, 1.165) is 5.56 Å². The van der Waals surface area contributed by atoms with Gasteiger partial charge in [-0.05, 0) is 48.0 Å². The smallest absolute Gasteiger partial charge is 0.331 e. The molecule has 2 aromatic carbocycles. The van der Waals surface area contributed by atoms with Crippen LogP contribution in [0, 0.1) is 21.4 Å². The molecular weight excluding hydrogens is 334 g/mol. The van der Waals surface area contributed by atoms with Gasteiger partial charge >= 0.3 is 5.69 Å². The Morgan fingerprint density at radius 1 is 1.08 bits per heavy atom. The fourth-order valence-corrected chi connectivity index (χ4v) is 2.21. The molecule has 26 heavy (non-hydrogen) atoms. The van der Waals surface area contributed by atoms with Gasteiger partial charge in [0.25, 0.3) is 5.88 Å². The molecule has 3 aromatic rings. The Bertz CT molecular complexity index is 965. The maximum atomic E-state index is 11.0. The molecule has 1 heterocycles. The van der Waals surface area contributed by atoms with E-state index >= 15 is 0 Å². The highest BCUT2D eigenvalue weighted by Crippen LogP contribution is 2.29. The molecule has 0 saturated heterocycles. The number of nitrogens with zero attached hydrogens (tertiary/aromatic N) is 3. The zero-order chi connectivity index (χ0) is 18.4. The van der Waals surface area contributed by atoms with Crippen LogP contribution >= 0.6 is 0 Å². The molecule has 0 unspecified atom stereocenters. The SMILES string of the molecule is N#Cc1cccc(COc2ccc(Oc3ncccc3[N+](=O)[O-])cc2)c1. The van der Waals surface area contributed by atoms with Crippen molar-refractivity contribution in [1.82, 2.24) is 4.98 Å². The third-order valence-corrected chi connectivity index (χ3v) is 3.45. The normalized spacial score (nSPS) is 9.96. The summed E-state index contributed by atoms with van der Waals surface area (Å²) in [5.41, 5.74) is 1.26. The van der Waals surface area contributed by atoms with Crippen LogP contribution in [0.3, 0.4) is 0 Å². The summed E-state index contributed by atoms with van der Waals surface area (Å²) in [7, 11) is 0. The lowest BCUT2D eigenvalue weighted by Crippen LogP contribution is -1.97. The highest BCUT2D eigenvalue weighted by Gasteiger charge is 2.16. The summed E-state index contributed by atoms with van der Waals surface area (Å²) in [6.07, 6.45) is 1.43. The molecule has 0 radical (unpaired) electrons. The van der Waals surface area contributed by atoms with Crippen molar-refractivity contribution in [3.8, 4) is 23.4 Å². The van der Waals surface area contributed by atoms with Gasteiger partial charge in [0.15, 0.2) is 0 Å². The van der Waals surface area contributed by atoms with Gasteiger partial charge < -0.3 is 9.47 Å². The molecule has 0 amide bonds. The lowest BCUT2D eigenvalue weighted by atomic mass is 10.1. The van der Waals surface area contributed by atoms with Crippen LogP contribution in [-0.2, 0) is 6.61 Å². The minimum Gasteiger partial charge on any atom is -0.489 e. The number of nitriles is 1. The van der Waals surface area contributed by atoms with Crippen molar-refractivity contribution >= 4 is 5.69 Å². The number of aromatic nitrogens is 1. The van der Waals surface area contributed by atoms with E-state index in [1.54, 1.807) is 42.5 Å². The van der Waals surface area contributed by atoms with E-state index in [0.29, 0.717) is 23.7 Å². The molecule has 7 heteroatoms. The Morgan fingerprint density at radius 2 is 1.85 bits per heavy atom. The van der Waals surface area contributed by atoms with Gasteiger partial charge in [-0.3, -0.25) is 10.1 Å². The van der Waals surface area contributed by atoms with Crippen molar-refractivity contribution in [2.24, 2.45) is 0 Å². The van der Waals surface area contributed by atoms with Crippen molar-refractivity contribution in [3.05, 3.63) is 88.1 Å². The number of ether oxygens (including phenoxy) is 2. The van der Waals surface area contributed by atoms with Crippen LogP contribution in [0.25, 0.3) is 0 Å². The van der Waals surface area contributed by atoms with Crippen LogP contribution < -0.4 is 9.47 Å². The minimum atomic E-state index is -0.546. The fraction of sp³-hybridized carbons (Fsp3) is 0.0526. The lowest BCUT2D eigenvalue weighted by Gasteiger charge is -2.08. The second kappa shape index (κ2) is 7.77. The molecule has 0 bridgehead atoms. The van der Waals surface area contributed by atoms with Gasteiger partial charge in [0.2, 0.25) is 0 Å². The molecule has 0 fully saturated rings. The molecule has 0 aliphatic carbocycles. The molecule has 1 aromatic heterocycles. The van der Waals surface area contributed by atoms with E-state index in [1.165, 1.54) is 18.3 Å². The van der Waals surface area contributed by atoms with E-state index in [2.05, 4.69) is 11.1 Å². The van der Waals surface area contributed by atoms with E-state index in [1.807, 2.05) is 6.07 Å². The van der Waals surface area contributed by atoms with Crippen molar-refractivity contribution < 1.29 is 14.4 Å². The standard InChI is InChI=1S/C19H13N3O4/c20-12-14-3-1-4-15(11-14)13-25-16-6-8-17(9-7-16)26-19-18(22(23)24)5-2-10-21-19/h1-11H,13H2. The number of rotatable bonds is 6.